The summed E-state index contributed by atoms with van der Waals surface area (Å²) in [5.74, 6) is -0.0512. The minimum absolute atomic E-state index is 0.110. The lowest BCUT2D eigenvalue weighted by Crippen LogP contribution is -2.47. The van der Waals surface area contributed by atoms with E-state index in [1.54, 1.807) is 0 Å². The van der Waals surface area contributed by atoms with Crippen LogP contribution in [0.1, 0.15) is 32.6 Å². The first kappa shape index (κ1) is 8.74. The maximum atomic E-state index is 5.79. The number of hydrogen-bond donors (Lipinski definition) is 0. The maximum Gasteiger partial charge on any atom is 0.227 e. The van der Waals surface area contributed by atoms with E-state index in [-0.39, 0.29) is 11.7 Å². The molecular weight excluding hydrogens is 180 g/mol. The van der Waals surface area contributed by atoms with Gasteiger partial charge >= 0.3 is 0 Å². The van der Waals surface area contributed by atoms with E-state index in [9.17, 15) is 0 Å². The average Bonchev–Trinajstić information content (AvgIpc) is 2.69. The molecule has 78 valence electrons. The highest BCUT2D eigenvalue weighted by molar-refractivity contribution is 5.09. The van der Waals surface area contributed by atoms with Crippen molar-refractivity contribution >= 4 is 0 Å². The van der Waals surface area contributed by atoms with Crippen LogP contribution in [-0.2, 0) is 14.2 Å². The van der Waals surface area contributed by atoms with Crippen LogP contribution >= 0.6 is 0 Å². The summed E-state index contributed by atoms with van der Waals surface area (Å²) >= 11 is 0. The van der Waals surface area contributed by atoms with Crippen LogP contribution in [0.15, 0.2) is 12.3 Å². The molecule has 0 radical (unpaired) electrons. The summed E-state index contributed by atoms with van der Waals surface area (Å²) in [6.45, 7) is 6.49. The molecule has 2 aliphatic heterocycles. The predicted molar refractivity (Wildman–Crippen MR) is 50.4 cm³/mol. The summed E-state index contributed by atoms with van der Waals surface area (Å²) in [5.41, 5.74) is 0.110. The van der Waals surface area contributed by atoms with Gasteiger partial charge in [0.05, 0.1) is 12.0 Å². The standard InChI is InChI=1S/C11H16O3/c1-8-10(2)12-7-11(5-3-4-6-11)9(13-8)14-10/h9H,1,3-7H2,2H3. The molecule has 2 atom stereocenters. The van der Waals surface area contributed by atoms with E-state index in [1.807, 2.05) is 6.92 Å². The smallest absolute Gasteiger partial charge is 0.227 e. The van der Waals surface area contributed by atoms with Crippen molar-refractivity contribution in [1.29, 1.82) is 0 Å². The largest absolute Gasteiger partial charge is 0.463 e. The lowest BCUT2D eigenvalue weighted by atomic mass is 9.86. The Morgan fingerprint density at radius 2 is 2.07 bits per heavy atom. The molecule has 3 fully saturated rings. The molecule has 2 heterocycles. The molecule has 0 aromatic carbocycles. The second-order valence-electron chi connectivity index (χ2n) is 4.79. The van der Waals surface area contributed by atoms with Gasteiger partial charge in [-0.15, -0.1) is 0 Å². The number of ether oxygens (including phenoxy) is 3. The Bertz CT molecular complexity index is 280. The van der Waals surface area contributed by atoms with Gasteiger partial charge in [-0.3, -0.25) is 0 Å². The lowest BCUT2D eigenvalue weighted by Gasteiger charge is -2.39. The lowest BCUT2D eigenvalue weighted by molar-refractivity contribution is -0.301. The molecule has 3 heteroatoms. The Morgan fingerprint density at radius 1 is 1.36 bits per heavy atom. The van der Waals surface area contributed by atoms with Crippen molar-refractivity contribution in [3.63, 3.8) is 0 Å². The zero-order valence-corrected chi connectivity index (χ0v) is 8.54. The van der Waals surface area contributed by atoms with Crippen LogP contribution in [0, 0.1) is 5.41 Å². The zero-order chi connectivity index (χ0) is 9.81. The van der Waals surface area contributed by atoms with Gasteiger partial charge in [0.2, 0.25) is 12.1 Å². The van der Waals surface area contributed by atoms with Gasteiger partial charge in [-0.25, -0.2) is 0 Å². The molecule has 2 unspecified atom stereocenters. The summed E-state index contributed by atoms with van der Waals surface area (Å²) < 4.78 is 17.2. The van der Waals surface area contributed by atoms with Gasteiger partial charge in [0.1, 0.15) is 0 Å². The van der Waals surface area contributed by atoms with Crippen LogP contribution in [0.25, 0.3) is 0 Å². The van der Waals surface area contributed by atoms with Crippen LogP contribution in [0.3, 0.4) is 0 Å². The molecule has 3 rings (SSSR count). The summed E-state index contributed by atoms with van der Waals surface area (Å²) in [4.78, 5) is 0. The fourth-order valence-corrected chi connectivity index (χ4v) is 2.70. The number of rotatable bonds is 0. The SMILES string of the molecule is C=C1OC2OC1(C)OCC21CCCC1. The van der Waals surface area contributed by atoms with Crippen LogP contribution in [0.4, 0.5) is 0 Å². The van der Waals surface area contributed by atoms with E-state index in [2.05, 4.69) is 6.58 Å². The fraction of sp³-hybridized carbons (Fsp3) is 0.818. The highest BCUT2D eigenvalue weighted by Crippen LogP contribution is 2.53. The Morgan fingerprint density at radius 3 is 2.79 bits per heavy atom. The van der Waals surface area contributed by atoms with E-state index in [1.165, 1.54) is 12.8 Å². The Hall–Kier alpha value is -0.540. The molecule has 0 N–H and O–H groups in total. The molecule has 3 nitrogen and oxygen atoms in total. The van der Waals surface area contributed by atoms with Gasteiger partial charge in [-0.05, 0) is 19.8 Å². The van der Waals surface area contributed by atoms with Gasteiger partial charge in [0.15, 0.2) is 5.76 Å². The summed E-state index contributed by atoms with van der Waals surface area (Å²) in [6, 6.07) is 0. The average molecular weight is 196 g/mol. The molecule has 2 saturated heterocycles. The minimum Gasteiger partial charge on any atom is -0.463 e. The molecule has 3 aliphatic rings. The van der Waals surface area contributed by atoms with Gasteiger partial charge in [-0.2, -0.15) is 0 Å². The molecule has 14 heavy (non-hydrogen) atoms. The normalized spacial score (nSPS) is 44.4. The number of fused-ring (bicyclic) bond motifs is 3. The molecule has 2 bridgehead atoms. The quantitative estimate of drug-likeness (QED) is 0.594. The van der Waals surface area contributed by atoms with E-state index in [4.69, 9.17) is 14.2 Å². The van der Waals surface area contributed by atoms with Crippen molar-refractivity contribution in [1.82, 2.24) is 0 Å². The van der Waals surface area contributed by atoms with Crippen molar-refractivity contribution in [2.45, 2.75) is 44.7 Å². The highest BCUT2D eigenvalue weighted by Gasteiger charge is 2.58. The van der Waals surface area contributed by atoms with Gasteiger partial charge in [0, 0.05) is 0 Å². The van der Waals surface area contributed by atoms with Crippen molar-refractivity contribution in [3.05, 3.63) is 12.3 Å². The summed E-state index contributed by atoms with van der Waals surface area (Å²) in [5, 5.41) is 0. The first-order valence-corrected chi connectivity index (χ1v) is 5.33. The van der Waals surface area contributed by atoms with E-state index >= 15 is 0 Å². The molecule has 1 aliphatic carbocycles. The van der Waals surface area contributed by atoms with Crippen LogP contribution in [0.5, 0.6) is 0 Å². The second-order valence-corrected chi connectivity index (χ2v) is 4.79. The number of hydrogen-bond acceptors (Lipinski definition) is 3. The van der Waals surface area contributed by atoms with Crippen LogP contribution < -0.4 is 0 Å². The van der Waals surface area contributed by atoms with Gasteiger partial charge in [-0.1, -0.05) is 19.4 Å². The third-order valence-corrected chi connectivity index (χ3v) is 3.82. The Labute approximate surface area is 84.0 Å². The van der Waals surface area contributed by atoms with E-state index in [0.717, 1.165) is 19.4 Å². The highest BCUT2D eigenvalue weighted by atomic mass is 16.8. The van der Waals surface area contributed by atoms with Crippen molar-refractivity contribution in [2.24, 2.45) is 5.41 Å². The monoisotopic (exact) mass is 196 g/mol. The first-order chi connectivity index (χ1) is 6.65. The zero-order valence-electron chi connectivity index (χ0n) is 8.54. The van der Waals surface area contributed by atoms with Crippen molar-refractivity contribution in [2.75, 3.05) is 6.61 Å². The molecule has 1 saturated carbocycles. The molecule has 0 amide bonds. The van der Waals surface area contributed by atoms with E-state index < -0.39 is 5.79 Å². The summed E-state index contributed by atoms with van der Waals surface area (Å²) in [7, 11) is 0. The van der Waals surface area contributed by atoms with Crippen molar-refractivity contribution in [3.8, 4) is 0 Å². The first-order valence-electron chi connectivity index (χ1n) is 5.33. The molecule has 0 aromatic heterocycles. The maximum absolute atomic E-state index is 5.79. The van der Waals surface area contributed by atoms with E-state index in [0.29, 0.717) is 5.76 Å². The predicted octanol–water partition coefficient (Wildman–Crippen LogP) is 2.18. The second kappa shape index (κ2) is 2.52. The summed E-state index contributed by atoms with van der Waals surface area (Å²) in [6.07, 6.45) is 4.71. The van der Waals surface area contributed by atoms with Crippen LogP contribution in [0.2, 0.25) is 0 Å². The Kier molecular flexibility index (Phi) is 1.58. The fourth-order valence-electron chi connectivity index (χ4n) is 2.70. The van der Waals surface area contributed by atoms with Gasteiger partial charge < -0.3 is 14.2 Å². The van der Waals surface area contributed by atoms with Crippen LogP contribution in [-0.4, -0.2) is 18.7 Å². The third kappa shape index (κ3) is 0.943. The molecular formula is C11H16O3. The Balaban J connectivity index is 1.91. The van der Waals surface area contributed by atoms with Crippen molar-refractivity contribution < 1.29 is 14.2 Å². The topological polar surface area (TPSA) is 27.7 Å². The molecule has 0 aromatic rings. The minimum atomic E-state index is -0.682. The molecule has 1 spiro atoms. The third-order valence-electron chi connectivity index (χ3n) is 3.82. The van der Waals surface area contributed by atoms with Gasteiger partial charge in [0.25, 0.3) is 0 Å².